The molecule has 2 N–H and O–H groups in total. The van der Waals surface area contributed by atoms with E-state index in [2.05, 4.69) is 0 Å². The summed E-state index contributed by atoms with van der Waals surface area (Å²) in [6, 6.07) is 4.54. The molecular weight excluding hydrogens is 422 g/mol. The van der Waals surface area contributed by atoms with Crippen molar-refractivity contribution in [1.29, 1.82) is 0 Å². The molecule has 10 nitrogen and oxygen atoms in total. The molecular formula is C18H20FN2O8P. The standard InChI is InChI=1S/C18H20FN2O8P/c1-10-5-11(2)15-12(6-10)8-26-30(25,29-15)27-9-18(19)7-13(22)16(28-18)21-4-3-14(23)20-17(21)24/h3-6,13,16,22H,7-9H2,1-2H3,(H,20,23,24)/t13-,16-,18+,30?/m1/s1/i16D. The Kier molecular flexibility index (Phi) is 4.87. The average Bonchev–Trinajstić information content (AvgIpc) is 2.91. The number of aromatic nitrogens is 2. The highest BCUT2D eigenvalue weighted by atomic mass is 31.2. The smallest absolute Gasteiger partial charge is 0.403 e. The van der Waals surface area contributed by atoms with E-state index in [0.29, 0.717) is 21.4 Å². The first-order chi connectivity index (χ1) is 14.4. The lowest BCUT2D eigenvalue weighted by Crippen LogP contribution is -2.35. The van der Waals surface area contributed by atoms with E-state index in [0.717, 1.165) is 17.8 Å². The fourth-order valence-electron chi connectivity index (χ4n) is 3.37. The zero-order valence-electron chi connectivity index (χ0n) is 17.1. The van der Waals surface area contributed by atoms with Gasteiger partial charge < -0.3 is 14.4 Å². The molecule has 0 spiro atoms. The van der Waals surface area contributed by atoms with Crippen molar-refractivity contribution in [3.8, 4) is 5.75 Å². The summed E-state index contributed by atoms with van der Waals surface area (Å²) in [7, 11) is -4.21. The summed E-state index contributed by atoms with van der Waals surface area (Å²) in [4.78, 5) is 25.1. The number of phosphoric ester groups is 1. The van der Waals surface area contributed by atoms with Crippen LogP contribution in [0, 0.1) is 13.8 Å². The maximum atomic E-state index is 15.3. The number of halogens is 1. The molecule has 0 bridgehead atoms. The largest absolute Gasteiger partial charge is 0.530 e. The van der Waals surface area contributed by atoms with Crippen LogP contribution in [0.15, 0.2) is 34.0 Å². The SMILES string of the molecule is [2H][C@@]1(n2ccc(=O)[nH]c2=O)O[C@](F)(COP2(=O)OCc3cc(C)cc(C)c3O2)C[C@H]1O. The third-order valence-electron chi connectivity index (χ3n) is 4.65. The van der Waals surface area contributed by atoms with E-state index in [4.69, 9.17) is 19.7 Å². The molecule has 1 aromatic heterocycles. The van der Waals surface area contributed by atoms with Crippen LogP contribution in [0.2, 0.25) is 0 Å². The molecule has 0 aliphatic carbocycles. The highest BCUT2D eigenvalue weighted by molar-refractivity contribution is 7.49. The summed E-state index contributed by atoms with van der Waals surface area (Å²) < 4.78 is 57.6. The van der Waals surface area contributed by atoms with Gasteiger partial charge in [0.2, 0.25) is 5.85 Å². The highest BCUT2D eigenvalue weighted by Crippen LogP contribution is 2.56. The number of aromatic amines is 1. The predicted molar refractivity (Wildman–Crippen MR) is 101 cm³/mol. The first-order valence-electron chi connectivity index (χ1n) is 9.52. The lowest BCUT2D eigenvalue weighted by atomic mass is 10.1. The number of aliphatic hydroxyl groups excluding tert-OH is 1. The van der Waals surface area contributed by atoms with Gasteiger partial charge in [0.1, 0.15) is 18.5 Å². The summed E-state index contributed by atoms with van der Waals surface area (Å²) >= 11 is 0. The summed E-state index contributed by atoms with van der Waals surface area (Å²) in [6.07, 6.45) is -4.24. The quantitative estimate of drug-likeness (QED) is 0.685. The van der Waals surface area contributed by atoms with Crippen LogP contribution >= 0.6 is 7.82 Å². The fraction of sp³-hybridized carbons (Fsp3) is 0.444. The van der Waals surface area contributed by atoms with Crippen molar-refractivity contribution in [2.75, 3.05) is 6.61 Å². The lowest BCUT2D eigenvalue weighted by Gasteiger charge is -2.28. The Hall–Kier alpha value is -2.30. The van der Waals surface area contributed by atoms with Gasteiger partial charge in [-0.25, -0.2) is 13.8 Å². The number of benzene rings is 1. The Morgan fingerprint density at radius 2 is 2.23 bits per heavy atom. The van der Waals surface area contributed by atoms with E-state index in [9.17, 15) is 19.3 Å². The number of nitrogens with one attached hydrogen (secondary N) is 1. The second-order valence-corrected chi connectivity index (χ2v) is 8.77. The number of rotatable bonds is 4. The molecule has 3 heterocycles. The topological polar surface area (TPSA) is 129 Å². The van der Waals surface area contributed by atoms with E-state index < -0.39 is 50.3 Å². The van der Waals surface area contributed by atoms with Gasteiger partial charge in [-0.05, 0) is 19.4 Å². The number of hydrogen-bond acceptors (Lipinski definition) is 8. The van der Waals surface area contributed by atoms with Crippen LogP contribution < -0.4 is 15.8 Å². The van der Waals surface area contributed by atoms with Crippen molar-refractivity contribution < 1.29 is 33.7 Å². The molecule has 162 valence electrons. The van der Waals surface area contributed by atoms with Crippen molar-refractivity contribution in [2.24, 2.45) is 0 Å². The van der Waals surface area contributed by atoms with Crippen molar-refractivity contribution >= 4 is 7.82 Å². The molecule has 2 aliphatic heterocycles. The zero-order valence-corrected chi connectivity index (χ0v) is 17.0. The van der Waals surface area contributed by atoms with Gasteiger partial charge in [0.05, 0.1) is 7.98 Å². The number of ether oxygens (including phenoxy) is 1. The highest BCUT2D eigenvalue weighted by Gasteiger charge is 2.50. The maximum absolute atomic E-state index is 15.3. The fourth-order valence-corrected chi connectivity index (χ4v) is 4.68. The molecule has 1 aromatic carbocycles. The van der Waals surface area contributed by atoms with Gasteiger partial charge in [-0.2, -0.15) is 0 Å². The summed E-state index contributed by atoms with van der Waals surface area (Å²) in [5.41, 5.74) is 0.523. The van der Waals surface area contributed by atoms with Crippen molar-refractivity contribution in [1.82, 2.24) is 9.55 Å². The Balaban J connectivity index is 1.52. The molecule has 1 fully saturated rings. The van der Waals surface area contributed by atoms with Crippen LogP contribution in [0.5, 0.6) is 5.75 Å². The summed E-state index contributed by atoms with van der Waals surface area (Å²) in [5.74, 6) is -2.47. The molecule has 1 saturated heterocycles. The van der Waals surface area contributed by atoms with Crippen molar-refractivity contribution in [3.63, 3.8) is 0 Å². The van der Waals surface area contributed by atoms with Crippen LogP contribution in [0.1, 0.15) is 30.7 Å². The number of alkyl halides is 1. The van der Waals surface area contributed by atoms with Gasteiger partial charge in [-0.15, -0.1) is 0 Å². The van der Waals surface area contributed by atoms with E-state index >= 15 is 4.39 Å². The first-order valence-corrected chi connectivity index (χ1v) is 10.5. The summed E-state index contributed by atoms with van der Waals surface area (Å²) in [6.45, 7) is 2.56. The van der Waals surface area contributed by atoms with Gasteiger partial charge >= 0.3 is 13.5 Å². The Labute approximate surface area is 171 Å². The Morgan fingerprint density at radius 1 is 1.47 bits per heavy atom. The Morgan fingerprint density at radius 3 is 2.97 bits per heavy atom. The minimum absolute atomic E-state index is 0.0763. The Bertz CT molecular complexity index is 1200. The number of aliphatic hydroxyl groups is 1. The van der Waals surface area contributed by atoms with Crippen LogP contribution in [-0.2, 0) is 25.0 Å². The maximum Gasteiger partial charge on any atom is 0.530 e. The van der Waals surface area contributed by atoms with Crippen molar-refractivity contribution in [2.45, 2.75) is 45.0 Å². The van der Waals surface area contributed by atoms with Crippen LogP contribution in [0.4, 0.5) is 4.39 Å². The van der Waals surface area contributed by atoms with E-state index in [1.165, 1.54) is 0 Å². The van der Waals surface area contributed by atoms with Gasteiger partial charge in [0.15, 0.2) is 6.20 Å². The van der Waals surface area contributed by atoms with E-state index in [1.807, 2.05) is 18.0 Å². The number of fused-ring (bicyclic) bond motifs is 1. The van der Waals surface area contributed by atoms with E-state index in [1.54, 1.807) is 13.0 Å². The normalized spacial score (nSPS) is 33.6. The molecule has 4 rings (SSSR count). The molecule has 12 heteroatoms. The van der Waals surface area contributed by atoms with Gasteiger partial charge in [0, 0.05) is 24.2 Å². The molecule has 0 amide bonds. The van der Waals surface area contributed by atoms with Gasteiger partial charge in [-0.1, -0.05) is 17.7 Å². The van der Waals surface area contributed by atoms with Gasteiger partial charge in [-0.3, -0.25) is 23.4 Å². The number of hydrogen-bond donors (Lipinski definition) is 2. The second-order valence-electron chi connectivity index (χ2n) is 7.18. The number of phosphoric acid groups is 1. The zero-order chi connectivity index (χ0) is 22.6. The molecule has 2 aliphatic rings. The van der Waals surface area contributed by atoms with Crippen LogP contribution in [0.25, 0.3) is 0 Å². The molecule has 1 unspecified atom stereocenters. The summed E-state index contributed by atoms with van der Waals surface area (Å²) in [5, 5.41) is 10.2. The van der Waals surface area contributed by atoms with Crippen LogP contribution in [-0.4, -0.2) is 33.2 Å². The first kappa shape index (κ1) is 19.7. The van der Waals surface area contributed by atoms with Crippen molar-refractivity contribution in [3.05, 3.63) is 61.9 Å². The monoisotopic (exact) mass is 443 g/mol. The minimum Gasteiger partial charge on any atom is -0.403 e. The predicted octanol–water partition coefficient (Wildman–Crippen LogP) is 1.83. The second kappa shape index (κ2) is 7.44. The molecule has 2 aromatic rings. The van der Waals surface area contributed by atoms with E-state index in [-0.39, 0.29) is 6.61 Å². The third-order valence-corrected chi connectivity index (χ3v) is 5.94. The molecule has 0 saturated carbocycles. The number of H-pyrrole nitrogens is 1. The number of aryl methyl sites for hydroxylation is 2. The minimum atomic E-state index is -4.21. The van der Waals surface area contributed by atoms with Crippen LogP contribution in [0.3, 0.4) is 0 Å². The average molecular weight is 443 g/mol. The lowest BCUT2D eigenvalue weighted by molar-refractivity contribution is -0.179. The van der Waals surface area contributed by atoms with Gasteiger partial charge in [0.25, 0.3) is 5.56 Å². The molecule has 30 heavy (non-hydrogen) atoms. The molecule has 0 radical (unpaired) electrons. The third kappa shape index (κ3) is 3.99. The number of nitrogens with zero attached hydrogens (tertiary/aromatic N) is 1. The molecule has 4 atom stereocenters.